The van der Waals surface area contributed by atoms with Crippen LogP contribution in [0.15, 0.2) is 36.9 Å². The van der Waals surface area contributed by atoms with E-state index in [-0.39, 0.29) is 6.10 Å². The van der Waals surface area contributed by atoms with Crippen LogP contribution in [0.5, 0.6) is 5.75 Å². The maximum absolute atomic E-state index is 5.63. The molecule has 2 unspecified atom stereocenters. The summed E-state index contributed by atoms with van der Waals surface area (Å²) in [6.45, 7) is 7.88. The minimum absolute atomic E-state index is 0.0603. The van der Waals surface area contributed by atoms with Gasteiger partial charge in [-0.2, -0.15) is 0 Å². The number of nitrogens with one attached hydrogen (secondary N) is 1. The molecule has 0 bridgehead atoms. The second kappa shape index (κ2) is 7.13. The Morgan fingerprint density at radius 2 is 1.94 bits per heavy atom. The van der Waals surface area contributed by atoms with Gasteiger partial charge in [0.2, 0.25) is 0 Å². The molecule has 1 rings (SSSR count). The average Bonchev–Trinajstić information content (AvgIpc) is 2.37. The highest BCUT2D eigenvalue weighted by Crippen LogP contribution is 2.15. The zero-order valence-electron chi connectivity index (χ0n) is 11.1. The van der Waals surface area contributed by atoms with Crippen molar-refractivity contribution in [3.8, 4) is 5.75 Å². The van der Waals surface area contributed by atoms with Crippen molar-refractivity contribution in [2.24, 2.45) is 0 Å². The van der Waals surface area contributed by atoms with Crippen molar-refractivity contribution < 1.29 is 4.74 Å². The van der Waals surface area contributed by atoms with Crippen molar-refractivity contribution in [3.05, 3.63) is 42.5 Å². The van der Waals surface area contributed by atoms with Gasteiger partial charge in [0.05, 0.1) is 0 Å². The van der Waals surface area contributed by atoms with Crippen LogP contribution in [0.1, 0.15) is 25.8 Å². The molecular formula is C15H23NO. The molecule has 0 aliphatic rings. The van der Waals surface area contributed by atoms with Gasteiger partial charge in [0.15, 0.2) is 0 Å². The second-order valence-electron chi connectivity index (χ2n) is 4.43. The first-order chi connectivity index (χ1) is 8.15. The van der Waals surface area contributed by atoms with E-state index in [4.69, 9.17) is 4.74 Å². The van der Waals surface area contributed by atoms with Gasteiger partial charge in [-0.3, -0.25) is 0 Å². The fourth-order valence-corrected chi connectivity index (χ4v) is 1.52. The van der Waals surface area contributed by atoms with E-state index in [9.17, 15) is 0 Å². The van der Waals surface area contributed by atoms with Crippen LogP contribution < -0.4 is 10.1 Å². The summed E-state index contributed by atoms with van der Waals surface area (Å²) in [5.74, 6) is 0.905. The third kappa shape index (κ3) is 5.05. The largest absolute Gasteiger partial charge is 0.487 e. The Morgan fingerprint density at radius 1 is 1.29 bits per heavy atom. The van der Waals surface area contributed by atoms with Crippen molar-refractivity contribution in [1.29, 1.82) is 0 Å². The molecule has 0 saturated carbocycles. The Bertz CT molecular complexity index is 331. The lowest BCUT2D eigenvalue weighted by Gasteiger charge is -2.12. The number of hydrogen-bond donors (Lipinski definition) is 1. The summed E-state index contributed by atoms with van der Waals surface area (Å²) in [7, 11) is 2.00. The van der Waals surface area contributed by atoms with E-state index >= 15 is 0 Å². The summed E-state index contributed by atoms with van der Waals surface area (Å²) in [5, 5.41) is 3.24. The molecule has 0 fully saturated rings. The lowest BCUT2D eigenvalue weighted by molar-refractivity contribution is 0.270. The fraction of sp³-hybridized carbons (Fsp3) is 0.467. The Morgan fingerprint density at radius 3 is 2.47 bits per heavy atom. The molecule has 0 aliphatic heterocycles. The van der Waals surface area contributed by atoms with Gasteiger partial charge in [-0.15, -0.1) is 0 Å². The highest BCUT2D eigenvalue weighted by Gasteiger charge is 2.01. The zero-order valence-corrected chi connectivity index (χ0v) is 11.1. The summed E-state index contributed by atoms with van der Waals surface area (Å²) in [6, 6.07) is 8.88. The molecule has 17 heavy (non-hydrogen) atoms. The molecule has 0 aromatic heterocycles. The van der Waals surface area contributed by atoms with E-state index in [0.717, 1.165) is 18.6 Å². The number of benzene rings is 1. The molecule has 0 aliphatic carbocycles. The van der Waals surface area contributed by atoms with Crippen LogP contribution in [0, 0.1) is 0 Å². The first-order valence-corrected chi connectivity index (χ1v) is 6.21. The number of hydrogen-bond acceptors (Lipinski definition) is 2. The topological polar surface area (TPSA) is 21.3 Å². The van der Waals surface area contributed by atoms with E-state index in [0.29, 0.717) is 6.04 Å². The third-order valence-corrected chi connectivity index (χ3v) is 2.94. The summed E-state index contributed by atoms with van der Waals surface area (Å²) in [6.07, 6.45) is 4.10. The minimum atomic E-state index is 0.0603. The van der Waals surface area contributed by atoms with Gasteiger partial charge in [0, 0.05) is 6.04 Å². The van der Waals surface area contributed by atoms with Gasteiger partial charge in [-0.05, 0) is 51.4 Å². The van der Waals surface area contributed by atoms with E-state index in [1.807, 2.05) is 26.1 Å². The fourth-order valence-electron chi connectivity index (χ4n) is 1.52. The normalized spacial score (nSPS) is 14.1. The molecule has 0 heterocycles. The molecule has 0 saturated heterocycles. The van der Waals surface area contributed by atoms with E-state index in [1.165, 1.54) is 5.56 Å². The zero-order chi connectivity index (χ0) is 12.7. The van der Waals surface area contributed by atoms with Crippen molar-refractivity contribution in [2.45, 2.75) is 38.8 Å². The summed E-state index contributed by atoms with van der Waals surface area (Å²) in [5.41, 5.74) is 1.35. The van der Waals surface area contributed by atoms with Crippen LogP contribution in [0.25, 0.3) is 0 Å². The predicted octanol–water partition coefficient (Wildman–Crippen LogP) is 3.18. The van der Waals surface area contributed by atoms with Crippen LogP contribution >= 0.6 is 0 Å². The van der Waals surface area contributed by atoms with Gasteiger partial charge < -0.3 is 10.1 Å². The summed E-state index contributed by atoms with van der Waals surface area (Å²) in [4.78, 5) is 0. The lowest BCUT2D eigenvalue weighted by Crippen LogP contribution is -2.21. The smallest absolute Gasteiger partial charge is 0.120 e. The van der Waals surface area contributed by atoms with Crippen molar-refractivity contribution >= 4 is 0 Å². The third-order valence-electron chi connectivity index (χ3n) is 2.94. The molecular weight excluding hydrogens is 210 g/mol. The Labute approximate surface area is 105 Å². The summed E-state index contributed by atoms with van der Waals surface area (Å²) >= 11 is 0. The lowest BCUT2D eigenvalue weighted by atomic mass is 10.1. The average molecular weight is 233 g/mol. The maximum Gasteiger partial charge on any atom is 0.120 e. The van der Waals surface area contributed by atoms with Crippen molar-refractivity contribution in [3.63, 3.8) is 0 Å². The van der Waals surface area contributed by atoms with Gasteiger partial charge in [-0.1, -0.05) is 24.8 Å². The van der Waals surface area contributed by atoms with Gasteiger partial charge in [0.25, 0.3) is 0 Å². The van der Waals surface area contributed by atoms with Gasteiger partial charge in [0.1, 0.15) is 11.9 Å². The molecule has 1 aromatic rings. The quantitative estimate of drug-likeness (QED) is 0.730. The number of ether oxygens (including phenoxy) is 1. The Kier molecular flexibility index (Phi) is 5.78. The van der Waals surface area contributed by atoms with Crippen LogP contribution in [0.4, 0.5) is 0 Å². The van der Waals surface area contributed by atoms with Crippen LogP contribution in [0.2, 0.25) is 0 Å². The number of rotatable bonds is 7. The standard InChI is InChI=1S/C15H23NO/c1-5-13(3)17-15-10-8-14(9-11-15)7-6-12(2)16-4/h5,8-13,16H,1,6-7H2,2-4H3. The van der Waals surface area contributed by atoms with Crippen LogP contribution in [-0.4, -0.2) is 19.2 Å². The highest BCUT2D eigenvalue weighted by atomic mass is 16.5. The monoisotopic (exact) mass is 233 g/mol. The van der Waals surface area contributed by atoms with Gasteiger partial charge in [-0.25, -0.2) is 0 Å². The van der Waals surface area contributed by atoms with Crippen molar-refractivity contribution in [2.75, 3.05) is 7.05 Å². The van der Waals surface area contributed by atoms with E-state index in [2.05, 4.69) is 31.0 Å². The molecule has 2 heteroatoms. The maximum atomic E-state index is 5.63. The van der Waals surface area contributed by atoms with Crippen molar-refractivity contribution in [1.82, 2.24) is 5.32 Å². The van der Waals surface area contributed by atoms with Crippen LogP contribution in [0.3, 0.4) is 0 Å². The molecule has 94 valence electrons. The second-order valence-corrected chi connectivity index (χ2v) is 4.43. The molecule has 0 spiro atoms. The minimum Gasteiger partial charge on any atom is -0.487 e. The molecule has 1 N–H and O–H groups in total. The van der Waals surface area contributed by atoms with Gasteiger partial charge >= 0.3 is 0 Å². The predicted molar refractivity (Wildman–Crippen MR) is 73.6 cm³/mol. The number of aryl methyl sites for hydroxylation is 1. The molecule has 2 nitrogen and oxygen atoms in total. The first-order valence-electron chi connectivity index (χ1n) is 6.21. The molecule has 0 radical (unpaired) electrons. The first kappa shape index (κ1) is 13.8. The molecule has 0 amide bonds. The Balaban J connectivity index is 2.47. The summed E-state index contributed by atoms with van der Waals surface area (Å²) < 4.78 is 5.63. The Hall–Kier alpha value is -1.28. The van der Waals surface area contributed by atoms with Crippen LogP contribution in [-0.2, 0) is 6.42 Å². The highest BCUT2D eigenvalue weighted by molar-refractivity contribution is 5.27. The SMILES string of the molecule is C=CC(C)Oc1ccc(CCC(C)NC)cc1. The van der Waals surface area contributed by atoms with E-state index < -0.39 is 0 Å². The molecule has 1 aromatic carbocycles. The van der Waals surface area contributed by atoms with E-state index in [1.54, 1.807) is 6.08 Å². The molecule has 2 atom stereocenters.